The minimum Gasteiger partial charge on any atom is -0.354 e. The van der Waals surface area contributed by atoms with Gasteiger partial charge in [-0.25, -0.2) is 4.39 Å². The molecule has 2 aliphatic heterocycles. The third-order valence-electron chi connectivity index (χ3n) is 8.99. The van der Waals surface area contributed by atoms with Crippen LogP contribution in [0.3, 0.4) is 0 Å². The molecule has 3 N–H and O–H groups in total. The molecule has 0 atom stereocenters. The number of halogens is 1. The van der Waals surface area contributed by atoms with Crippen molar-refractivity contribution in [2.24, 2.45) is 5.92 Å². The van der Waals surface area contributed by atoms with Crippen LogP contribution >= 0.6 is 0 Å². The van der Waals surface area contributed by atoms with E-state index >= 15 is 0 Å². The topological polar surface area (TPSA) is 97.0 Å². The Kier molecular flexibility index (Phi) is 8.95. The van der Waals surface area contributed by atoms with Crippen molar-refractivity contribution in [2.75, 3.05) is 62.4 Å². The van der Waals surface area contributed by atoms with E-state index in [1.54, 1.807) is 18.0 Å². The Labute approximate surface area is 263 Å². The SMILES string of the molecule is CN1CCN(CC(=O)N(C)c2ccc(N/C(=C3\C(=O)Nc4cc(F)ccc43)c3cccc(CNC(=O)C4CCC4)c3)cc2)CC1. The predicted octanol–water partition coefficient (Wildman–Crippen LogP) is 4.38. The van der Waals surface area contributed by atoms with Gasteiger partial charge in [0.2, 0.25) is 11.8 Å². The van der Waals surface area contributed by atoms with E-state index < -0.39 is 5.82 Å². The van der Waals surface area contributed by atoms with Gasteiger partial charge in [0, 0.05) is 62.6 Å². The number of hydrogen-bond acceptors (Lipinski definition) is 6. The van der Waals surface area contributed by atoms with Crippen LogP contribution in [-0.2, 0) is 20.9 Å². The number of rotatable bonds is 9. The molecule has 1 saturated carbocycles. The molecule has 1 saturated heterocycles. The van der Waals surface area contributed by atoms with Crippen molar-refractivity contribution in [3.8, 4) is 0 Å². The molecular formula is C35H39FN6O3. The summed E-state index contributed by atoms with van der Waals surface area (Å²) < 4.78 is 14.0. The average Bonchev–Trinajstić information content (AvgIpc) is 3.33. The van der Waals surface area contributed by atoms with Crippen LogP contribution in [0.15, 0.2) is 66.7 Å². The Hall–Kier alpha value is -4.54. The molecule has 6 rings (SSSR count). The van der Waals surface area contributed by atoms with Crippen molar-refractivity contribution in [1.82, 2.24) is 15.1 Å². The molecule has 1 aliphatic carbocycles. The third-order valence-corrected chi connectivity index (χ3v) is 8.99. The van der Waals surface area contributed by atoms with Crippen LogP contribution in [0.4, 0.5) is 21.5 Å². The second kappa shape index (κ2) is 13.2. The number of amides is 3. The standard InChI is InChI=1S/C35H39FN6O3/c1-40-15-17-42(18-16-40)22-31(43)41(2)28-12-10-27(11-13-28)38-33(32-29-14-9-26(36)20-30(29)39-35(32)45)25-8-3-5-23(19-25)21-37-34(44)24-6-4-7-24/h3,5,8-14,19-20,24,38H,4,6-7,15-18,21-22H2,1-2H3,(H,37,44)(H,39,45)/b33-32-. The minimum absolute atomic E-state index is 0.0238. The number of piperazine rings is 1. The first-order valence-corrected chi connectivity index (χ1v) is 15.5. The van der Waals surface area contributed by atoms with E-state index in [-0.39, 0.29) is 23.6 Å². The lowest BCUT2D eigenvalue weighted by molar-refractivity contribution is -0.127. The Morgan fingerprint density at radius 2 is 1.76 bits per heavy atom. The van der Waals surface area contributed by atoms with Crippen molar-refractivity contribution in [3.63, 3.8) is 0 Å². The second-order valence-corrected chi connectivity index (χ2v) is 12.1. The number of likely N-dealkylation sites (N-methyl/N-ethyl adjacent to an activating group) is 2. The molecule has 2 fully saturated rings. The summed E-state index contributed by atoms with van der Waals surface area (Å²) in [5, 5.41) is 9.27. The quantitative estimate of drug-likeness (QED) is 0.311. The van der Waals surface area contributed by atoms with E-state index in [1.807, 2.05) is 48.5 Å². The molecule has 0 unspecified atom stereocenters. The zero-order valence-corrected chi connectivity index (χ0v) is 25.7. The molecule has 3 amide bonds. The zero-order chi connectivity index (χ0) is 31.5. The summed E-state index contributed by atoms with van der Waals surface area (Å²) in [6.07, 6.45) is 2.95. The van der Waals surface area contributed by atoms with Crippen LogP contribution in [0.5, 0.6) is 0 Å². The Morgan fingerprint density at radius 1 is 1.00 bits per heavy atom. The predicted molar refractivity (Wildman–Crippen MR) is 175 cm³/mol. The van der Waals surface area contributed by atoms with Crippen molar-refractivity contribution in [3.05, 3.63) is 89.2 Å². The van der Waals surface area contributed by atoms with E-state index in [1.165, 1.54) is 12.1 Å². The third kappa shape index (κ3) is 6.92. The number of nitrogens with one attached hydrogen (secondary N) is 3. The highest BCUT2D eigenvalue weighted by molar-refractivity contribution is 6.37. The van der Waals surface area contributed by atoms with Gasteiger partial charge in [0.25, 0.3) is 5.91 Å². The van der Waals surface area contributed by atoms with Crippen LogP contribution in [0.2, 0.25) is 0 Å². The van der Waals surface area contributed by atoms with Gasteiger partial charge in [-0.05, 0) is 79.5 Å². The molecule has 234 valence electrons. The first kappa shape index (κ1) is 30.5. The molecule has 3 aromatic rings. The summed E-state index contributed by atoms with van der Waals surface area (Å²) in [5.41, 5.74) is 5.07. The Bertz CT molecular complexity index is 1630. The van der Waals surface area contributed by atoms with Crippen molar-refractivity contribution >= 4 is 46.1 Å². The Morgan fingerprint density at radius 3 is 2.47 bits per heavy atom. The van der Waals surface area contributed by atoms with Gasteiger partial charge in [0.1, 0.15) is 5.82 Å². The molecular weight excluding hydrogens is 571 g/mol. The number of fused-ring (bicyclic) bond motifs is 1. The van der Waals surface area contributed by atoms with Crippen molar-refractivity contribution < 1.29 is 18.8 Å². The van der Waals surface area contributed by atoms with E-state index in [4.69, 9.17) is 0 Å². The summed E-state index contributed by atoms with van der Waals surface area (Å²) >= 11 is 0. The van der Waals surface area contributed by atoms with Gasteiger partial charge in [-0.2, -0.15) is 0 Å². The molecule has 3 aromatic carbocycles. The maximum atomic E-state index is 14.0. The summed E-state index contributed by atoms with van der Waals surface area (Å²) in [4.78, 5) is 44.9. The van der Waals surface area contributed by atoms with E-state index in [2.05, 4.69) is 32.8 Å². The fourth-order valence-corrected chi connectivity index (χ4v) is 5.87. The molecule has 0 bridgehead atoms. The van der Waals surface area contributed by atoms with E-state index in [0.717, 1.165) is 62.3 Å². The number of anilines is 3. The highest BCUT2D eigenvalue weighted by Crippen LogP contribution is 2.38. The summed E-state index contributed by atoms with van der Waals surface area (Å²) in [6.45, 7) is 4.38. The summed E-state index contributed by atoms with van der Waals surface area (Å²) in [6, 6.07) is 19.4. The smallest absolute Gasteiger partial charge is 0.258 e. The second-order valence-electron chi connectivity index (χ2n) is 12.1. The fourth-order valence-electron chi connectivity index (χ4n) is 5.87. The lowest BCUT2D eigenvalue weighted by Gasteiger charge is -2.32. The first-order valence-electron chi connectivity index (χ1n) is 15.5. The minimum atomic E-state index is -0.434. The molecule has 0 aromatic heterocycles. The summed E-state index contributed by atoms with van der Waals surface area (Å²) in [7, 11) is 3.87. The molecule has 10 heteroatoms. The number of carbonyl (C=O) groups excluding carboxylic acids is 3. The van der Waals surface area contributed by atoms with Gasteiger partial charge >= 0.3 is 0 Å². The van der Waals surface area contributed by atoms with Crippen LogP contribution in [0, 0.1) is 11.7 Å². The number of hydrogen-bond donors (Lipinski definition) is 3. The molecule has 2 heterocycles. The lowest BCUT2D eigenvalue weighted by atomic mass is 9.85. The highest BCUT2D eigenvalue weighted by atomic mass is 19.1. The van der Waals surface area contributed by atoms with Gasteiger partial charge in [-0.15, -0.1) is 0 Å². The normalized spacial score (nSPS) is 18.1. The largest absolute Gasteiger partial charge is 0.354 e. The molecule has 45 heavy (non-hydrogen) atoms. The van der Waals surface area contributed by atoms with Crippen LogP contribution in [0.1, 0.15) is 36.0 Å². The molecule has 9 nitrogen and oxygen atoms in total. The number of benzene rings is 3. The number of nitrogens with zero attached hydrogens (tertiary/aromatic N) is 3. The number of carbonyl (C=O) groups is 3. The van der Waals surface area contributed by atoms with E-state index in [0.29, 0.717) is 41.3 Å². The fraction of sp³-hybridized carbons (Fsp3) is 0.343. The van der Waals surface area contributed by atoms with Crippen LogP contribution in [0.25, 0.3) is 11.3 Å². The average molecular weight is 611 g/mol. The van der Waals surface area contributed by atoms with Gasteiger partial charge in [0.05, 0.1) is 23.5 Å². The van der Waals surface area contributed by atoms with Crippen LogP contribution < -0.4 is 20.9 Å². The maximum Gasteiger partial charge on any atom is 0.258 e. The van der Waals surface area contributed by atoms with Crippen molar-refractivity contribution in [2.45, 2.75) is 25.8 Å². The zero-order valence-electron chi connectivity index (χ0n) is 25.7. The highest BCUT2D eigenvalue weighted by Gasteiger charge is 2.29. The lowest BCUT2D eigenvalue weighted by Crippen LogP contribution is -2.48. The van der Waals surface area contributed by atoms with Gasteiger partial charge in [0.15, 0.2) is 0 Å². The first-order chi connectivity index (χ1) is 21.7. The molecule has 3 aliphatic rings. The maximum absolute atomic E-state index is 14.0. The molecule has 0 radical (unpaired) electrons. The van der Waals surface area contributed by atoms with Gasteiger partial charge in [-0.1, -0.05) is 24.6 Å². The Balaban J connectivity index is 1.25. The summed E-state index contributed by atoms with van der Waals surface area (Å²) in [5.74, 6) is -0.587. The van der Waals surface area contributed by atoms with Crippen molar-refractivity contribution in [1.29, 1.82) is 0 Å². The monoisotopic (exact) mass is 610 g/mol. The molecule has 0 spiro atoms. The van der Waals surface area contributed by atoms with E-state index in [9.17, 15) is 18.8 Å². The van der Waals surface area contributed by atoms with Crippen LogP contribution in [-0.4, -0.2) is 74.3 Å². The van der Waals surface area contributed by atoms with Gasteiger partial charge < -0.3 is 25.8 Å². The van der Waals surface area contributed by atoms with Gasteiger partial charge in [-0.3, -0.25) is 19.3 Å².